The van der Waals surface area contributed by atoms with Crippen LogP contribution >= 0.6 is 0 Å². The molecule has 3 rings (SSSR count). The average molecular weight is 394 g/mol. The number of aromatic nitrogens is 2. The van der Waals surface area contributed by atoms with Crippen LogP contribution in [0.5, 0.6) is 0 Å². The van der Waals surface area contributed by atoms with Gasteiger partial charge in [0.25, 0.3) is 5.56 Å². The number of halogens is 1. The number of amides is 1. The number of carbonyl (C=O) groups is 1. The second-order valence-electron chi connectivity index (χ2n) is 7.11. The van der Waals surface area contributed by atoms with Gasteiger partial charge < -0.3 is 10.6 Å². The first-order valence-electron chi connectivity index (χ1n) is 9.32. The van der Waals surface area contributed by atoms with E-state index in [4.69, 9.17) is 0 Å². The minimum absolute atomic E-state index is 0.172. The Morgan fingerprint density at radius 3 is 2.48 bits per heavy atom. The molecule has 0 unspecified atom stereocenters. The van der Waals surface area contributed by atoms with E-state index in [0.29, 0.717) is 23.0 Å². The van der Waals surface area contributed by atoms with Crippen molar-refractivity contribution < 1.29 is 9.18 Å². The lowest BCUT2D eigenvalue weighted by atomic mass is 10.0. The van der Waals surface area contributed by atoms with Gasteiger partial charge in [-0.3, -0.25) is 14.2 Å². The van der Waals surface area contributed by atoms with Gasteiger partial charge >= 0.3 is 0 Å². The summed E-state index contributed by atoms with van der Waals surface area (Å²) < 4.78 is 14.7. The van der Waals surface area contributed by atoms with Crippen molar-refractivity contribution in [2.45, 2.75) is 33.2 Å². The molecule has 0 atom stereocenters. The van der Waals surface area contributed by atoms with Gasteiger partial charge in [-0.05, 0) is 48.7 Å². The van der Waals surface area contributed by atoms with Crippen molar-refractivity contribution in [1.82, 2.24) is 9.55 Å². The summed E-state index contributed by atoms with van der Waals surface area (Å²) in [5, 5.41) is 5.70. The predicted molar refractivity (Wildman–Crippen MR) is 112 cm³/mol. The van der Waals surface area contributed by atoms with Crippen LogP contribution < -0.4 is 16.2 Å². The fourth-order valence-electron chi connectivity index (χ4n) is 2.86. The first kappa shape index (κ1) is 20.3. The van der Waals surface area contributed by atoms with Crippen LogP contribution in [-0.2, 0) is 11.3 Å². The third-order valence-corrected chi connectivity index (χ3v) is 4.38. The van der Waals surface area contributed by atoms with E-state index in [1.807, 2.05) is 24.3 Å². The van der Waals surface area contributed by atoms with E-state index in [9.17, 15) is 14.0 Å². The summed E-state index contributed by atoms with van der Waals surface area (Å²) in [7, 11) is 0. The number of rotatable bonds is 6. The number of carbonyl (C=O) groups excluding carboxylic acids is 1. The molecule has 0 saturated heterocycles. The lowest BCUT2D eigenvalue weighted by Gasteiger charge is -2.14. The molecule has 1 heterocycles. The van der Waals surface area contributed by atoms with Crippen LogP contribution in [0.2, 0.25) is 0 Å². The molecular weight excluding hydrogens is 371 g/mol. The molecule has 0 radical (unpaired) electrons. The summed E-state index contributed by atoms with van der Waals surface area (Å²) in [6.07, 6.45) is 0. The molecule has 29 heavy (non-hydrogen) atoms. The van der Waals surface area contributed by atoms with Gasteiger partial charge in [-0.1, -0.05) is 32.0 Å². The van der Waals surface area contributed by atoms with E-state index in [-0.39, 0.29) is 24.0 Å². The highest BCUT2D eigenvalue weighted by Crippen LogP contribution is 2.18. The number of hydrogen-bond donors (Lipinski definition) is 2. The minimum atomic E-state index is -0.417. The lowest BCUT2D eigenvalue weighted by Crippen LogP contribution is -2.30. The largest absolute Gasteiger partial charge is 0.325 e. The summed E-state index contributed by atoms with van der Waals surface area (Å²) in [6, 6.07) is 14.7. The average Bonchev–Trinajstić information content (AvgIpc) is 2.65. The fraction of sp³-hybridized carbons (Fsp3) is 0.227. The number of nitrogens with one attached hydrogen (secondary N) is 2. The van der Waals surface area contributed by atoms with Crippen LogP contribution in [0.3, 0.4) is 0 Å². The monoisotopic (exact) mass is 394 g/mol. The molecule has 0 spiro atoms. The van der Waals surface area contributed by atoms with Crippen LogP contribution in [0, 0.1) is 12.7 Å². The smallest absolute Gasteiger partial charge is 0.255 e. The Kier molecular flexibility index (Phi) is 6.07. The molecule has 6 nitrogen and oxygen atoms in total. The molecule has 2 aromatic carbocycles. The van der Waals surface area contributed by atoms with Crippen molar-refractivity contribution in [2.24, 2.45) is 0 Å². The maximum atomic E-state index is 13.5. The Balaban J connectivity index is 1.80. The first-order chi connectivity index (χ1) is 13.8. The molecule has 0 aliphatic heterocycles. The van der Waals surface area contributed by atoms with Gasteiger partial charge in [0.1, 0.15) is 12.4 Å². The van der Waals surface area contributed by atoms with E-state index in [2.05, 4.69) is 29.5 Å². The molecule has 0 fully saturated rings. The minimum Gasteiger partial charge on any atom is -0.325 e. The molecule has 2 N–H and O–H groups in total. The first-order valence-corrected chi connectivity index (χ1v) is 9.32. The van der Waals surface area contributed by atoms with E-state index >= 15 is 0 Å². The number of aryl methyl sites for hydroxylation is 1. The standard InChI is InChI=1S/C22H23FN4O2/c1-14(2)16-7-9-18(10-8-16)25-20(28)13-27-21(29)11-15(3)24-22(27)26-19-6-4-5-17(23)12-19/h4-12,14H,13H2,1-3H3,(H,24,26)(H,25,28). The Labute approximate surface area is 168 Å². The van der Waals surface area contributed by atoms with Crippen molar-refractivity contribution in [3.05, 3.63) is 82.0 Å². The molecular formula is C22H23FN4O2. The predicted octanol–water partition coefficient (Wildman–Crippen LogP) is 4.20. The Morgan fingerprint density at radius 2 is 1.83 bits per heavy atom. The summed E-state index contributed by atoms with van der Waals surface area (Å²) in [4.78, 5) is 29.3. The summed E-state index contributed by atoms with van der Waals surface area (Å²) in [5.74, 6) is -0.212. The van der Waals surface area contributed by atoms with Crippen molar-refractivity contribution in [2.75, 3.05) is 10.6 Å². The van der Waals surface area contributed by atoms with Crippen LogP contribution in [-0.4, -0.2) is 15.5 Å². The van der Waals surface area contributed by atoms with E-state index in [0.717, 1.165) is 0 Å². The van der Waals surface area contributed by atoms with E-state index < -0.39 is 5.82 Å². The quantitative estimate of drug-likeness (QED) is 0.657. The van der Waals surface area contributed by atoms with E-state index in [1.54, 1.807) is 19.1 Å². The van der Waals surface area contributed by atoms with Gasteiger partial charge in [-0.2, -0.15) is 0 Å². The zero-order valence-corrected chi connectivity index (χ0v) is 16.6. The van der Waals surface area contributed by atoms with Crippen molar-refractivity contribution in [3.8, 4) is 0 Å². The zero-order chi connectivity index (χ0) is 21.0. The lowest BCUT2D eigenvalue weighted by molar-refractivity contribution is -0.116. The Bertz CT molecular complexity index is 1070. The molecule has 1 aromatic heterocycles. The van der Waals surface area contributed by atoms with Crippen molar-refractivity contribution in [1.29, 1.82) is 0 Å². The maximum Gasteiger partial charge on any atom is 0.255 e. The van der Waals surface area contributed by atoms with Gasteiger partial charge in [0.05, 0.1) is 0 Å². The molecule has 0 bridgehead atoms. The summed E-state index contributed by atoms with van der Waals surface area (Å²) >= 11 is 0. The van der Waals surface area contributed by atoms with Gasteiger partial charge in [0, 0.05) is 23.1 Å². The van der Waals surface area contributed by atoms with Crippen molar-refractivity contribution in [3.63, 3.8) is 0 Å². The Morgan fingerprint density at radius 1 is 1.10 bits per heavy atom. The second kappa shape index (κ2) is 8.68. The SMILES string of the molecule is Cc1cc(=O)n(CC(=O)Nc2ccc(C(C)C)cc2)c(Nc2cccc(F)c2)n1. The fourth-order valence-corrected chi connectivity index (χ4v) is 2.86. The van der Waals surface area contributed by atoms with Crippen LogP contribution in [0.25, 0.3) is 0 Å². The molecule has 1 amide bonds. The van der Waals surface area contributed by atoms with Gasteiger partial charge in [0.15, 0.2) is 0 Å². The number of anilines is 3. The molecule has 0 saturated carbocycles. The number of benzene rings is 2. The third-order valence-electron chi connectivity index (χ3n) is 4.38. The highest BCUT2D eigenvalue weighted by molar-refractivity contribution is 5.90. The van der Waals surface area contributed by atoms with Crippen LogP contribution in [0.4, 0.5) is 21.7 Å². The zero-order valence-electron chi connectivity index (χ0n) is 16.6. The third kappa shape index (κ3) is 5.28. The van der Waals surface area contributed by atoms with Gasteiger partial charge in [-0.15, -0.1) is 0 Å². The van der Waals surface area contributed by atoms with Crippen LogP contribution in [0.1, 0.15) is 31.0 Å². The normalized spacial score (nSPS) is 10.8. The number of nitrogens with zero attached hydrogens (tertiary/aromatic N) is 2. The van der Waals surface area contributed by atoms with Crippen LogP contribution in [0.15, 0.2) is 59.4 Å². The Hall–Kier alpha value is -3.48. The highest BCUT2D eigenvalue weighted by Gasteiger charge is 2.12. The van der Waals surface area contributed by atoms with Gasteiger partial charge in [0.2, 0.25) is 11.9 Å². The highest BCUT2D eigenvalue weighted by atomic mass is 19.1. The summed E-state index contributed by atoms with van der Waals surface area (Å²) in [5.41, 5.74) is 2.37. The van der Waals surface area contributed by atoms with E-state index in [1.165, 1.54) is 28.3 Å². The topological polar surface area (TPSA) is 76.0 Å². The van der Waals surface area contributed by atoms with Crippen molar-refractivity contribution >= 4 is 23.2 Å². The maximum absolute atomic E-state index is 13.5. The molecule has 0 aliphatic carbocycles. The number of hydrogen-bond acceptors (Lipinski definition) is 4. The molecule has 3 aromatic rings. The molecule has 7 heteroatoms. The molecule has 0 aliphatic rings. The molecule has 150 valence electrons. The second-order valence-corrected chi connectivity index (χ2v) is 7.11. The summed E-state index contributed by atoms with van der Waals surface area (Å²) in [6.45, 7) is 5.64. The van der Waals surface area contributed by atoms with Gasteiger partial charge in [-0.25, -0.2) is 9.37 Å².